The first-order chi connectivity index (χ1) is 9.77. The third kappa shape index (κ3) is 4.47. The molecule has 3 N–H and O–H groups in total. The SMILES string of the molecule is CC(C)(O)C(N)N1CCC(Oc2ccc(Cl)c(Cl)c2)CC1. The van der Waals surface area contributed by atoms with E-state index in [9.17, 15) is 5.11 Å². The first kappa shape index (κ1) is 16.8. The van der Waals surface area contributed by atoms with Gasteiger partial charge in [-0.3, -0.25) is 4.90 Å². The summed E-state index contributed by atoms with van der Waals surface area (Å²) in [5.41, 5.74) is 5.16. The molecule has 1 aromatic carbocycles. The van der Waals surface area contributed by atoms with Crippen LogP contribution >= 0.6 is 23.2 Å². The van der Waals surface area contributed by atoms with Gasteiger partial charge in [0.15, 0.2) is 0 Å². The molecule has 1 aliphatic rings. The second kappa shape index (κ2) is 6.71. The smallest absolute Gasteiger partial charge is 0.121 e. The molecule has 1 fully saturated rings. The summed E-state index contributed by atoms with van der Waals surface area (Å²) in [6, 6.07) is 5.29. The van der Waals surface area contributed by atoms with Crippen molar-refractivity contribution in [2.75, 3.05) is 13.1 Å². The molecule has 2 rings (SSSR count). The molecule has 0 aromatic heterocycles. The van der Waals surface area contributed by atoms with Crippen molar-refractivity contribution in [3.63, 3.8) is 0 Å². The number of aliphatic hydroxyl groups is 1. The number of hydrogen-bond acceptors (Lipinski definition) is 4. The lowest BCUT2D eigenvalue weighted by Crippen LogP contribution is -2.58. The highest BCUT2D eigenvalue weighted by Crippen LogP contribution is 2.28. The number of hydrogen-bond donors (Lipinski definition) is 2. The lowest BCUT2D eigenvalue weighted by molar-refractivity contribution is -0.0354. The van der Waals surface area contributed by atoms with Crippen LogP contribution in [0.2, 0.25) is 10.0 Å². The molecule has 1 unspecified atom stereocenters. The molecule has 21 heavy (non-hydrogen) atoms. The normalized spacial score (nSPS) is 19.5. The Morgan fingerprint density at radius 2 is 1.90 bits per heavy atom. The standard InChI is InChI=1S/C15H22Cl2N2O2/c1-15(2,20)14(18)19-7-5-10(6-8-19)21-11-3-4-12(16)13(17)9-11/h3-4,9-10,14,20H,5-8,18H2,1-2H3. The van der Waals surface area contributed by atoms with Crippen molar-refractivity contribution in [2.24, 2.45) is 5.73 Å². The van der Waals surface area contributed by atoms with E-state index in [1.54, 1.807) is 26.0 Å². The molecule has 118 valence electrons. The number of ether oxygens (including phenoxy) is 1. The van der Waals surface area contributed by atoms with Crippen molar-refractivity contribution >= 4 is 23.2 Å². The first-order valence-electron chi connectivity index (χ1n) is 7.11. The molecule has 0 aliphatic carbocycles. The maximum Gasteiger partial charge on any atom is 0.121 e. The van der Waals surface area contributed by atoms with Crippen molar-refractivity contribution in [3.8, 4) is 5.75 Å². The van der Waals surface area contributed by atoms with Gasteiger partial charge in [0.2, 0.25) is 0 Å². The molecule has 0 spiro atoms. The number of benzene rings is 1. The Balaban J connectivity index is 1.88. The van der Waals surface area contributed by atoms with E-state index >= 15 is 0 Å². The van der Waals surface area contributed by atoms with Crippen LogP contribution in [0.1, 0.15) is 26.7 Å². The molecule has 6 heteroatoms. The van der Waals surface area contributed by atoms with Gasteiger partial charge in [-0.2, -0.15) is 0 Å². The lowest BCUT2D eigenvalue weighted by atomic mass is 10.0. The molecule has 0 saturated carbocycles. The number of rotatable bonds is 4. The van der Waals surface area contributed by atoms with Gasteiger partial charge in [-0.05, 0) is 38.8 Å². The van der Waals surface area contributed by atoms with Crippen LogP contribution in [0.3, 0.4) is 0 Å². The number of nitrogens with zero attached hydrogens (tertiary/aromatic N) is 1. The monoisotopic (exact) mass is 332 g/mol. The van der Waals surface area contributed by atoms with Crippen LogP contribution in [0.4, 0.5) is 0 Å². The highest BCUT2D eigenvalue weighted by Gasteiger charge is 2.32. The molecule has 1 saturated heterocycles. The number of halogens is 2. The summed E-state index contributed by atoms with van der Waals surface area (Å²) in [5, 5.41) is 11.0. The molecule has 0 bridgehead atoms. The fourth-order valence-electron chi connectivity index (χ4n) is 2.46. The average molecular weight is 333 g/mol. The fourth-order valence-corrected chi connectivity index (χ4v) is 2.75. The Hall–Kier alpha value is -0.520. The minimum Gasteiger partial charge on any atom is -0.490 e. The topological polar surface area (TPSA) is 58.7 Å². The Labute approximate surface area is 135 Å². The van der Waals surface area contributed by atoms with E-state index < -0.39 is 5.60 Å². The Morgan fingerprint density at radius 3 is 2.43 bits per heavy atom. The Morgan fingerprint density at radius 1 is 1.29 bits per heavy atom. The molecule has 4 nitrogen and oxygen atoms in total. The van der Waals surface area contributed by atoms with Gasteiger partial charge >= 0.3 is 0 Å². The highest BCUT2D eigenvalue weighted by atomic mass is 35.5. The van der Waals surface area contributed by atoms with Crippen LogP contribution in [0.15, 0.2) is 18.2 Å². The highest BCUT2D eigenvalue weighted by molar-refractivity contribution is 6.42. The summed E-state index contributed by atoms with van der Waals surface area (Å²) in [6.45, 7) is 5.07. The maximum absolute atomic E-state index is 9.97. The molecule has 1 aromatic rings. The lowest BCUT2D eigenvalue weighted by Gasteiger charge is -2.40. The van der Waals surface area contributed by atoms with Gasteiger partial charge in [0.1, 0.15) is 11.9 Å². The van der Waals surface area contributed by atoms with Gasteiger partial charge in [0.25, 0.3) is 0 Å². The van der Waals surface area contributed by atoms with Crippen molar-refractivity contribution in [2.45, 2.75) is 44.6 Å². The molecule has 1 heterocycles. The van der Waals surface area contributed by atoms with Crippen LogP contribution in [-0.4, -0.2) is 41.0 Å². The van der Waals surface area contributed by atoms with Gasteiger partial charge in [0, 0.05) is 19.2 Å². The van der Waals surface area contributed by atoms with Gasteiger partial charge in [-0.15, -0.1) is 0 Å². The van der Waals surface area contributed by atoms with E-state index in [-0.39, 0.29) is 12.3 Å². The van der Waals surface area contributed by atoms with Gasteiger partial charge in [0.05, 0.1) is 21.8 Å². The molecule has 1 atom stereocenters. The van der Waals surface area contributed by atoms with E-state index in [2.05, 4.69) is 4.90 Å². The Bertz CT molecular complexity index is 483. The van der Waals surface area contributed by atoms with Gasteiger partial charge in [-0.1, -0.05) is 23.2 Å². The summed E-state index contributed by atoms with van der Waals surface area (Å²) < 4.78 is 5.93. The van der Waals surface area contributed by atoms with Crippen molar-refractivity contribution < 1.29 is 9.84 Å². The maximum atomic E-state index is 9.97. The summed E-state index contributed by atoms with van der Waals surface area (Å²) in [5.74, 6) is 0.731. The van der Waals surface area contributed by atoms with E-state index in [1.807, 2.05) is 6.07 Å². The van der Waals surface area contributed by atoms with E-state index in [4.69, 9.17) is 33.7 Å². The summed E-state index contributed by atoms with van der Waals surface area (Å²) in [6.07, 6.45) is 1.50. The Kier molecular flexibility index (Phi) is 5.38. The van der Waals surface area contributed by atoms with E-state index in [0.29, 0.717) is 10.0 Å². The van der Waals surface area contributed by atoms with E-state index in [0.717, 1.165) is 31.7 Å². The zero-order valence-electron chi connectivity index (χ0n) is 12.4. The van der Waals surface area contributed by atoms with Crippen molar-refractivity contribution in [1.29, 1.82) is 0 Å². The number of piperidine rings is 1. The third-order valence-electron chi connectivity index (χ3n) is 3.79. The summed E-state index contributed by atoms with van der Waals surface area (Å²) in [7, 11) is 0. The van der Waals surface area contributed by atoms with Gasteiger partial charge < -0.3 is 15.6 Å². The van der Waals surface area contributed by atoms with Crippen LogP contribution in [-0.2, 0) is 0 Å². The summed E-state index contributed by atoms with van der Waals surface area (Å²) in [4.78, 5) is 2.09. The zero-order valence-corrected chi connectivity index (χ0v) is 13.9. The molecule has 0 amide bonds. The number of nitrogens with two attached hydrogens (primary N) is 1. The van der Waals surface area contributed by atoms with E-state index in [1.165, 1.54) is 0 Å². The second-order valence-corrected chi connectivity index (χ2v) is 6.84. The quantitative estimate of drug-likeness (QED) is 0.890. The van der Waals surface area contributed by atoms with Crippen molar-refractivity contribution in [1.82, 2.24) is 4.90 Å². The zero-order chi connectivity index (χ0) is 15.6. The fraction of sp³-hybridized carbons (Fsp3) is 0.600. The minimum atomic E-state index is -0.905. The summed E-state index contributed by atoms with van der Waals surface area (Å²) >= 11 is 11.9. The van der Waals surface area contributed by atoms with Crippen molar-refractivity contribution in [3.05, 3.63) is 28.2 Å². The van der Waals surface area contributed by atoms with Crippen LogP contribution < -0.4 is 10.5 Å². The number of likely N-dealkylation sites (tertiary alicyclic amines) is 1. The van der Waals surface area contributed by atoms with Crippen LogP contribution in [0.5, 0.6) is 5.75 Å². The third-order valence-corrected chi connectivity index (χ3v) is 4.53. The average Bonchev–Trinajstić information content (AvgIpc) is 2.42. The predicted octanol–water partition coefficient (Wildman–Crippen LogP) is 2.89. The van der Waals surface area contributed by atoms with Crippen LogP contribution in [0.25, 0.3) is 0 Å². The second-order valence-electron chi connectivity index (χ2n) is 6.03. The van der Waals surface area contributed by atoms with Crippen LogP contribution in [0, 0.1) is 0 Å². The molecular weight excluding hydrogens is 311 g/mol. The predicted molar refractivity (Wildman–Crippen MR) is 86.0 cm³/mol. The first-order valence-corrected chi connectivity index (χ1v) is 7.86. The molecule has 0 radical (unpaired) electrons. The minimum absolute atomic E-state index is 0.132. The largest absolute Gasteiger partial charge is 0.490 e. The molecular formula is C15H22Cl2N2O2. The van der Waals surface area contributed by atoms with Gasteiger partial charge in [-0.25, -0.2) is 0 Å². The molecule has 1 aliphatic heterocycles.